The van der Waals surface area contributed by atoms with Gasteiger partial charge in [0.2, 0.25) is 0 Å². The second-order valence-corrected chi connectivity index (χ2v) is 8.47. The summed E-state index contributed by atoms with van der Waals surface area (Å²) in [6.07, 6.45) is 3.82. The van der Waals surface area contributed by atoms with Crippen molar-refractivity contribution in [2.75, 3.05) is 37.4 Å². The monoisotopic (exact) mass is 413 g/mol. The molecule has 0 aliphatic carbocycles. The van der Waals surface area contributed by atoms with Crippen molar-refractivity contribution in [3.8, 4) is 11.1 Å². The lowest BCUT2D eigenvalue weighted by atomic mass is 9.96. The Bertz CT molecular complexity index is 1020. The fraction of sp³-hybridized carbons (Fsp3) is 0.296. The van der Waals surface area contributed by atoms with E-state index in [4.69, 9.17) is 0 Å². The van der Waals surface area contributed by atoms with E-state index in [-0.39, 0.29) is 5.91 Å². The van der Waals surface area contributed by atoms with Crippen LogP contribution in [0.3, 0.4) is 0 Å². The first kappa shape index (κ1) is 21.1. The van der Waals surface area contributed by atoms with Crippen molar-refractivity contribution >= 4 is 17.3 Å². The number of carbonyl (C=O) groups is 1. The van der Waals surface area contributed by atoms with Gasteiger partial charge in [0.15, 0.2) is 0 Å². The molecule has 4 nitrogen and oxygen atoms in total. The Morgan fingerprint density at radius 1 is 0.903 bits per heavy atom. The molecule has 1 saturated heterocycles. The zero-order valence-electron chi connectivity index (χ0n) is 18.5. The molecule has 160 valence electrons. The molecule has 1 N–H and O–H groups in total. The van der Waals surface area contributed by atoms with Gasteiger partial charge in [-0.3, -0.25) is 9.69 Å². The third kappa shape index (κ3) is 5.33. The van der Waals surface area contributed by atoms with Crippen molar-refractivity contribution < 1.29 is 4.79 Å². The number of nitrogens with zero attached hydrogens (tertiary/aromatic N) is 2. The van der Waals surface area contributed by atoms with Crippen molar-refractivity contribution in [1.82, 2.24) is 4.90 Å². The predicted octanol–water partition coefficient (Wildman–Crippen LogP) is 5.66. The van der Waals surface area contributed by atoms with E-state index in [2.05, 4.69) is 46.6 Å². The van der Waals surface area contributed by atoms with Crippen LogP contribution in [0.15, 0.2) is 72.8 Å². The molecule has 0 spiro atoms. The highest BCUT2D eigenvalue weighted by Crippen LogP contribution is 2.27. The molecular formula is C27H31N3O. The quantitative estimate of drug-likeness (QED) is 0.566. The van der Waals surface area contributed by atoms with E-state index >= 15 is 0 Å². The lowest BCUT2D eigenvalue weighted by molar-refractivity contribution is 0.102. The molecule has 0 radical (unpaired) electrons. The normalized spacial score (nSPS) is 14.3. The van der Waals surface area contributed by atoms with Crippen molar-refractivity contribution in [1.29, 1.82) is 0 Å². The molecule has 4 heteroatoms. The van der Waals surface area contributed by atoms with Gasteiger partial charge in [-0.1, -0.05) is 48.9 Å². The molecule has 0 aromatic heterocycles. The molecule has 0 saturated carbocycles. The second kappa shape index (κ2) is 9.80. The summed E-state index contributed by atoms with van der Waals surface area (Å²) in [5, 5.41) is 3.06. The van der Waals surface area contributed by atoms with E-state index < -0.39 is 0 Å². The smallest absolute Gasteiger partial charge is 0.255 e. The van der Waals surface area contributed by atoms with E-state index in [1.54, 1.807) is 0 Å². The fourth-order valence-corrected chi connectivity index (χ4v) is 4.19. The minimum Gasteiger partial charge on any atom is -0.378 e. The molecule has 1 fully saturated rings. The maximum atomic E-state index is 13.0. The summed E-state index contributed by atoms with van der Waals surface area (Å²) < 4.78 is 0. The molecule has 0 bridgehead atoms. The number of carbonyl (C=O) groups excluding carboxylic acids is 1. The summed E-state index contributed by atoms with van der Waals surface area (Å²) in [4.78, 5) is 17.6. The number of likely N-dealkylation sites (tertiary alicyclic amines) is 1. The van der Waals surface area contributed by atoms with Gasteiger partial charge in [-0.15, -0.1) is 0 Å². The number of nitrogens with one attached hydrogen (secondary N) is 1. The molecule has 1 heterocycles. The van der Waals surface area contributed by atoms with Gasteiger partial charge in [0.1, 0.15) is 0 Å². The van der Waals surface area contributed by atoms with Crippen molar-refractivity contribution in [2.45, 2.75) is 25.8 Å². The van der Waals surface area contributed by atoms with Crippen LogP contribution in [0.2, 0.25) is 0 Å². The van der Waals surface area contributed by atoms with Gasteiger partial charge in [-0.25, -0.2) is 0 Å². The zero-order chi connectivity index (χ0) is 21.6. The minimum atomic E-state index is -0.0737. The lowest BCUT2D eigenvalue weighted by Crippen LogP contribution is -2.29. The molecule has 1 amide bonds. The van der Waals surface area contributed by atoms with Crippen molar-refractivity contribution in [3.63, 3.8) is 0 Å². The molecule has 4 rings (SSSR count). The van der Waals surface area contributed by atoms with Crippen LogP contribution in [0.5, 0.6) is 0 Å². The van der Waals surface area contributed by atoms with Crippen LogP contribution in [-0.2, 0) is 6.54 Å². The summed E-state index contributed by atoms with van der Waals surface area (Å²) in [7, 11) is 3.99. The SMILES string of the molecule is CN(C)c1cccc(NC(=O)c2ccc(-c3ccccc3)c(CN3CCCCC3)c2)c1. The van der Waals surface area contributed by atoms with Crippen LogP contribution in [0.1, 0.15) is 35.2 Å². The van der Waals surface area contributed by atoms with E-state index in [1.807, 2.05) is 55.4 Å². The number of amides is 1. The van der Waals surface area contributed by atoms with Crippen LogP contribution in [0.4, 0.5) is 11.4 Å². The summed E-state index contributed by atoms with van der Waals surface area (Å²) in [5.74, 6) is -0.0737. The first-order chi connectivity index (χ1) is 15.1. The summed E-state index contributed by atoms with van der Waals surface area (Å²) >= 11 is 0. The maximum absolute atomic E-state index is 13.0. The van der Waals surface area contributed by atoms with Gasteiger partial charge in [0.05, 0.1) is 0 Å². The van der Waals surface area contributed by atoms with Crippen LogP contribution in [0.25, 0.3) is 11.1 Å². The van der Waals surface area contributed by atoms with Gasteiger partial charge in [-0.2, -0.15) is 0 Å². The molecule has 1 aliphatic rings. The Morgan fingerprint density at radius 2 is 1.68 bits per heavy atom. The number of rotatable bonds is 6. The molecular weight excluding hydrogens is 382 g/mol. The summed E-state index contributed by atoms with van der Waals surface area (Å²) in [5.41, 5.74) is 6.17. The standard InChI is InChI=1S/C27H31N3O/c1-29(2)25-13-9-12-24(19-25)28-27(31)22-14-15-26(21-10-5-3-6-11-21)23(18-22)20-30-16-7-4-8-17-30/h3,5-6,9-15,18-19H,4,7-8,16-17,20H2,1-2H3,(H,28,31). The maximum Gasteiger partial charge on any atom is 0.255 e. The number of piperidine rings is 1. The number of hydrogen-bond donors (Lipinski definition) is 1. The molecule has 1 aliphatic heterocycles. The third-order valence-electron chi connectivity index (χ3n) is 5.92. The number of anilines is 2. The number of benzene rings is 3. The van der Waals surface area contributed by atoms with E-state index in [9.17, 15) is 4.79 Å². The Labute approximate surface area is 185 Å². The number of hydrogen-bond acceptors (Lipinski definition) is 3. The minimum absolute atomic E-state index is 0.0737. The summed E-state index contributed by atoms with van der Waals surface area (Å²) in [6, 6.07) is 24.5. The van der Waals surface area contributed by atoms with E-state index in [0.717, 1.165) is 31.0 Å². The van der Waals surface area contributed by atoms with Gasteiger partial charge in [-0.05, 0) is 73.0 Å². The van der Waals surface area contributed by atoms with Crippen LogP contribution in [-0.4, -0.2) is 38.0 Å². The van der Waals surface area contributed by atoms with Gasteiger partial charge in [0.25, 0.3) is 5.91 Å². The lowest BCUT2D eigenvalue weighted by Gasteiger charge is -2.27. The van der Waals surface area contributed by atoms with Gasteiger partial charge in [0, 0.05) is 37.6 Å². The molecule has 0 atom stereocenters. The van der Waals surface area contributed by atoms with Gasteiger partial charge < -0.3 is 10.2 Å². The second-order valence-electron chi connectivity index (χ2n) is 8.47. The average molecular weight is 414 g/mol. The van der Waals surface area contributed by atoms with E-state index in [1.165, 1.54) is 36.0 Å². The summed E-state index contributed by atoms with van der Waals surface area (Å²) in [6.45, 7) is 3.13. The highest BCUT2D eigenvalue weighted by molar-refractivity contribution is 6.05. The Morgan fingerprint density at radius 3 is 2.42 bits per heavy atom. The molecule has 3 aromatic rings. The van der Waals surface area contributed by atoms with Crippen LogP contribution < -0.4 is 10.2 Å². The average Bonchev–Trinajstić information content (AvgIpc) is 2.80. The van der Waals surface area contributed by atoms with Gasteiger partial charge >= 0.3 is 0 Å². The predicted molar refractivity (Wildman–Crippen MR) is 130 cm³/mol. The van der Waals surface area contributed by atoms with Crippen LogP contribution >= 0.6 is 0 Å². The van der Waals surface area contributed by atoms with E-state index in [0.29, 0.717) is 5.56 Å². The molecule has 31 heavy (non-hydrogen) atoms. The van der Waals surface area contributed by atoms with Crippen molar-refractivity contribution in [2.24, 2.45) is 0 Å². The zero-order valence-corrected chi connectivity index (χ0v) is 18.5. The molecule has 3 aromatic carbocycles. The largest absolute Gasteiger partial charge is 0.378 e. The molecule has 0 unspecified atom stereocenters. The third-order valence-corrected chi connectivity index (χ3v) is 5.92. The van der Waals surface area contributed by atoms with Crippen molar-refractivity contribution in [3.05, 3.63) is 83.9 Å². The Hall–Kier alpha value is -3.11. The highest BCUT2D eigenvalue weighted by atomic mass is 16.1. The Kier molecular flexibility index (Phi) is 6.68. The highest BCUT2D eigenvalue weighted by Gasteiger charge is 2.16. The fourth-order valence-electron chi connectivity index (χ4n) is 4.19. The topological polar surface area (TPSA) is 35.6 Å². The Balaban J connectivity index is 1.61. The first-order valence-electron chi connectivity index (χ1n) is 11.1. The van der Waals surface area contributed by atoms with Crippen LogP contribution in [0, 0.1) is 0 Å². The first-order valence-corrected chi connectivity index (χ1v) is 11.1.